The molecule has 2 atom stereocenters. The summed E-state index contributed by atoms with van der Waals surface area (Å²) in [4.78, 5) is 2.52. The summed E-state index contributed by atoms with van der Waals surface area (Å²) in [5, 5.41) is 0. The van der Waals surface area contributed by atoms with Crippen LogP contribution >= 0.6 is 0 Å². The summed E-state index contributed by atoms with van der Waals surface area (Å²) in [5.41, 5.74) is 5.74. The van der Waals surface area contributed by atoms with Gasteiger partial charge >= 0.3 is 0 Å². The quantitative estimate of drug-likeness (QED) is 0.730. The maximum Gasteiger partial charge on any atom is 0.0702 e. The molecule has 1 heterocycles. The first-order valence-electron chi connectivity index (χ1n) is 6.32. The SMILES string of the molecule is CCOC1CCCN(CCCC(C)N)C1. The summed E-state index contributed by atoms with van der Waals surface area (Å²) in [7, 11) is 0. The van der Waals surface area contributed by atoms with Crippen LogP contribution in [0.3, 0.4) is 0 Å². The Morgan fingerprint density at radius 2 is 2.33 bits per heavy atom. The van der Waals surface area contributed by atoms with Gasteiger partial charge in [0, 0.05) is 19.2 Å². The number of piperidine rings is 1. The van der Waals surface area contributed by atoms with Gasteiger partial charge in [-0.05, 0) is 52.6 Å². The number of rotatable bonds is 6. The highest BCUT2D eigenvalue weighted by atomic mass is 16.5. The minimum Gasteiger partial charge on any atom is -0.377 e. The van der Waals surface area contributed by atoms with Gasteiger partial charge in [-0.3, -0.25) is 0 Å². The molecule has 2 unspecified atom stereocenters. The first-order chi connectivity index (χ1) is 7.22. The number of hydrogen-bond acceptors (Lipinski definition) is 3. The van der Waals surface area contributed by atoms with E-state index in [1.807, 2.05) is 0 Å². The molecule has 90 valence electrons. The Balaban J connectivity index is 2.12. The second-order valence-electron chi connectivity index (χ2n) is 4.64. The minimum atomic E-state index is 0.345. The van der Waals surface area contributed by atoms with Crippen LogP contribution in [0.5, 0.6) is 0 Å². The van der Waals surface area contributed by atoms with Crippen LogP contribution in [0.1, 0.15) is 39.5 Å². The second-order valence-corrected chi connectivity index (χ2v) is 4.64. The van der Waals surface area contributed by atoms with Gasteiger partial charge in [0.25, 0.3) is 0 Å². The van der Waals surface area contributed by atoms with Crippen molar-refractivity contribution in [3.63, 3.8) is 0 Å². The molecule has 0 amide bonds. The highest BCUT2D eigenvalue weighted by Gasteiger charge is 2.19. The molecular formula is C12H26N2O. The van der Waals surface area contributed by atoms with Crippen LogP contribution in [0.15, 0.2) is 0 Å². The Kier molecular flexibility index (Phi) is 6.22. The van der Waals surface area contributed by atoms with Crippen LogP contribution < -0.4 is 5.73 Å². The van der Waals surface area contributed by atoms with Crippen molar-refractivity contribution >= 4 is 0 Å². The molecule has 1 aliphatic heterocycles. The zero-order valence-electron chi connectivity index (χ0n) is 10.2. The fourth-order valence-electron chi connectivity index (χ4n) is 2.22. The van der Waals surface area contributed by atoms with Crippen LogP contribution in [0.2, 0.25) is 0 Å². The van der Waals surface area contributed by atoms with Crippen molar-refractivity contribution in [2.75, 3.05) is 26.2 Å². The lowest BCUT2D eigenvalue weighted by molar-refractivity contribution is 0.00555. The summed E-state index contributed by atoms with van der Waals surface area (Å²) in [6.07, 6.45) is 5.34. The molecule has 0 radical (unpaired) electrons. The van der Waals surface area contributed by atoms with Gasteiger partial charge in [-0.15, -0.1) is 0 Å². The molecule has 0 aliphatic carbocycles. The highest BCUT2D eigenvalue weighted by Crippen LogP contribution is 2.13. The van der Waals surface area contributed by atoms with Crippen molar-refractivity contribution in [1.82, 2.24) is 4.90 Å². The molecule has 0 saturated carbocycles. The summed E-state index contributed by atoms with van der Waals surface area (Å²) in [6, 6.07) is 0.345. The topological polar surface area (TPSA) is 38.5 Å². The molecule has 0 bridgehead atoms. The van der Waals surface area contributed by atoms with E-state index in [9.17, 15) is 0 Å². The summed E-state index contributed by atoms with van der Waals surface area (Å²) in [5.74, 6) is 0. The van der Waals surface area contributed by atoms with Gasteiger partial charge in [-0.1, -0.05) is 0 Å². The van der Waals surface area contributed by atoms with Crippen molar-refractivity contribution in [3.8, 4) is 0 Å². The predicted molar refractivity (Wildman–Crippen MR) is 64.0 cm³/mol. The second kappa shape index (κ2) is 7.20. The van der Waals surface area contributed by atoms with Gasteiger partial charge < -0.3 is 15.4 Å². The standard InChI is InChI=1S/C12H26N2O/c1-3-15-12-7-5-9-14(10-12)8-4-6-11(2)13/h11-12H,3-10,13H2,1-2H3. The van der Waals surface area contributed by atoms with Gasteiger partial charge in [0.15, 0.2) is 0 Å². The number of likely N-dealkylation sites (tertiary alicyclic amines) is 1. The first kappa shape index (κ1) is 12.9. The molecule has 1 rings (SSSR count). The molecule has 1 saturated heterocycles. The number of nitrogens with two attached hydrogens (primary N) is 1. The average molecular weight is 214 g/mol. The average Bonchev–Trinajstić information content (AvgIpc) is 2.18. The van der Waals surface area contributed by atoms with E-state index in [2.05, 4.69) is 18.7 Å². The molecule has 1 aliphatic rings. The van der Waals surface area contributed by atoms with Crippen molar-refractivity contribution in [3.05, 3.63) is 0 Å². The maximum atomic E-state index is 5.74. The third kappa shape index (κ3) is 5.50. The fourth-order valence-corrected chi connectivity index (χ4v) is 2.22. The van der Waals surface area contributed by atoms with E-state index in [0.29, 0.717) is 12.1 Å². The maximum absolute atomic E-state index is 5.74. The van der Waals surface area contributed by atoms with Crippen LogP contribution in [0.25, 0.3) is 0 Å². The number of nitrogens with zero attached hydrogens (tertiary/aromatic N) is 1. The van der Waals surface area contributed by atoms with Gasteiger partial charge in [0.2, 0.25) is 0 Å². The van der Waals surface area contributed by atoms with Gasteiger partial charge in [-0.25, -0.2) is 0 Å². The molecule has 0 aromatic heterocycles. The third-order valence-corrected chi connectivity index (χ3v) is 3.00. The van der Waals surface area contributed by atoms with Crippen LogP contribution in [-0.4, -0.2) is 43.3 Å². The molecule has 15 heavy (non-hydrogen) atoms. The van der Waals surface area contributed by atoms with Crippen LogP contribution in [0.4, 0.5) is 0 Å². The van der Waals surface area contributed by atoms with Crippen molar-refractivity contribution in [1.29, 1.82) is 0 Å². The molecule has 0 aromatic rings. The van der Waals surface area contributed by atoms with E-state index < -0.39 is 0 Å². The number of hydrogen-bond donors (Lipinski definition) is 1. The van der Waals surface area contributed by atoms with E-state index >= 15 is 0 Å². The Morgan fingerprint density at radius 1 is 1.53 bits per heavy atom. The van der Waals surface area contributed by atoms with E-state index in [4.69, 9.17) is 10.5 Å². The number of ether oxygens (including phenoxy) is 1. The minimum absolute atomic E-state index is 0.345. The molecule has 2 N–H and O–H groups in total. The molecular weight excluding hydrogens is 188 g/mol. The Labute approximate surface area is 94.0 Å². The summed E-state index contributed by atoms with van der Waals surface area (Å²) < 4.78 is 5.67. The summed E-state index contributed by atoms with van der Waals surface area (Å²) in [6.45, 7) is 8.55. The molecule has 3 heteroatoms. The zero-order chi connectivity index (χ0) is 11.1. The van der Waals surface area contributed by atoms with Gasteiger partial charge in [-0.2, -0.15) is 0 Å². The fraction of sp³-hybridized carbons (Fsp3) is 1.00. The van der Waals surface area contributed by atoms with Crippen molar-refractivity contribution in [2.45, 2.75) is 51.7 Å². The monoisotopic (exact) mass is 214 g/mol. The Bertz CT molecular complexity index is 160. The highest BCUT2D eigenvalue weighted by molar-refractivity contribution is 4.73. The lowest BCUT2D eigenvalue weighted by Gasteiger charge is -2.32. The van der Waals surface area contributed by atoms with E-state index in [1.165, 1.54) is 32.4 Å². The van der Waals surface area contributed by atoms with E-state index in [-0.39, 0.29) is 0 Å². The molecule has 0 aromatic carbocycles. The molecule has 0 spiro atoms. The lowest BCUT2D eigenvalue weighted by Crippen LogP contribution is -2.40. The Hall–Kier alpha value is -0.120. The Morgan fingerprint density at radius 3 is 3.00 bits per heavy atom. The third-order valence-electron chi connectivity index (χ3n) is 3.00. The van der Waals surface area contributed by atoms with Crippen LogP contribution in [-0.2, 0) is 4.74 Å². The molecule has 1 fully saturated rings. The van der Waals surface area contributed by atoms with Gasteiger partial charge in [0.05, 0.1) is 6.10 Å². The van der Waals surface area contributed by atoms with E-state index in [0.717, 1.165) is 19.6 Å². The largest absolute Gasteiger partial charge is 0.377 e. The lowest BCUT2D eigenvalue weighted by atomic mass is 10.1. The molecule has 3 nitrogen and oxygen atoms in total. The van der Waals surface area contributed by atoms with Crippen molar-refractivity contribution in [2.24, 2.45) is 5.73 Å². The summed E-state index contributed by atoms with van der Waals surface area (Å²) >= 11 is 0. The normalized spacial score (nSPS) is 25.4. The smallest absolute Gasteiger partial charge is 0.0702 e. The van der Waals surface area contributed by atoms with Gasteiger partial charge in [0.1, 0.15) is 0 Å². The zero-order valence-corrected chi connectivity index (χ0v) is 10.2. The predicted octanol–water partition coefficient (Wildman–Crippen LogP) is 1.61. The van der Waals surface area contributed by atoms with E-state index in [1.54, 1.807) is 0 Å². The van der Waals surface area contributed by atoms with Crippen LogP contribution in [0, 0.1) is 0 Å². The first-order valence-corrected chi connectivity index (χ1v) is 6.32. The van der Waals surface area contributed by atoms with Crippen molar-refractivity contribution < 1.29 is 4.74 Å².